The summed E-state index contributed by atoms with van der Waals surface area (Å²) in [6.45, 7) is 7.25. The van der Waals surface area contributed by atoms with E-state index in [1.165, 1.54) is 4.90 Å². The molecular weight excluding hydrogens is 560 g/mol. The number of aromatic nitrogens is 1. The minimum absolute atomic E-state index is 0.0753. The van der Waals surface area contributed by atoms with Gasteiger partial charge in [0.05, 0.1) is 38.5 Å². The first-order valence-electron chi connectivity index (χ1n) is 14.9. The molecule has 0 saturated heterocycles. The van der Waals surface area contributed by atoms with Crippen molar-refractivity contribution in [1.82, 2.24) is 9.88 Å². The monoisotopic (exact) mass is 608 g/mol. The average molecular weight is 609 g/mol. The van der Waals surface area contributed by atoms with Gasteiger partial charge in [-0.2, -0.15) is 0 Å². The molecule has 0 saturated carbocycles. The number of benzene rings is 2. The molecule has 0 spiro atoms. The number of carbonyl (C=O) groups is 1. The second-order valence-electron chi connectivity index (χ2n) is 12.2. The Labute approximate surface area is 256 Å². The lowest BCUT2D eigenvalue weighted by atomic mass is 10.0. The Morgan fingerprint density at radius 1 is 0.837 bits per heavy atom. The van der Waals surface area contributed by atoms with Crippen LogP contribution in [0.2, 0.25) is 25.7 Å². The van der Waals surface area contributed by atoms with Gasteiger partial charge in [-0.25, -0.2) is 4.79 Å². The molecule has 9 nitrogen and oxygen atoms in total. The minimum Gasteiger partial charge on any atom is -0.493 e. The number of pyridine rings is 1. The van der Waals surface area contributed by atoms with Crippen LogP contribution in [-0.4, -0.2) is 84.9 Å². The van der Waals surface area contributed by atoms with Gasteiger partial charge < -0.3 is 36.1 Å². The lowest BCUT2D eigenvalue weighted by Gasteiger charge is -2.31. The van der Waals surface area contributed by atoms with Crippen LogP contribution in [0.15, 0.2) is 79.0 Å². The number of rotatable bonds is 17. The third-order valence-corrected chi connectivity index (χ3v) is 8.91. The van der Waals surface area contributed by atoms with Gasteiger partial charge in [0.1, 0.15) is 5.75 Å². The van der Waals surface area contributed by atoms with Gasteiger partial charge in [-0.1, -0.05) is 68.2 Å². The molecule has 10 heteroatoms. The molecular formula is C33H48N4O5Si. The van der Waals surface area contributed by atoms with E-state index in [9.17, 15) is 15.0 Å². The fourth-order valence-corrected chi connectivity index (χ4v) is 5.17. The molecule has 1 heterocycles. The van der Waals surface area contributed by atoms with Gasteiger partial charge in [0.15, 0.2) is 0 Å². The van der Waals surface area contributed by atoms with Crippen molar-refractivity contribution in [2.75, 3.05) is 26.3 Å². The summed E-state index contributed by atoms with van der Waals surface area (Å²) in [5, 5.41) is 21.9. The highest BCUT2D eigenvalue weighted by atomic mass is 28.3. The lowest BCUT2D eigenvalue weighted by Crippen LogP contribution is -2.51. The smallest absolute Gasteiger partial charge is 0.409 e. The molecule has 6 N–H and O–H groups in total. The fourth-order valence-electron chi connectivity index (χ4n) is 4.45. The van der Waals surface area contributed by atoms with E-state index in [1.54, 1.807) is 6.20 Å². The topological polar surface area (TPSA) is 144 Å². The van der Waals surface area contributed by atoms with Crippen molar-refractivity contribution < 1.29 is 24.5 Å². The van der Waals surface area contributed by atoms with E-state index in [0.717, 1.165) is 28.6 Å². The number of aliphatic hydroxyl groups excluding tert-OH is 2. The Morgan fingerprint density at radius 3 is 1.98 bits per heavy atom. The first-order valence-corrected chi connectivity index (χ1v) is 18.7. The first kappa shape index (κ1) is 34.2. The number of carbonyl (C=O) groups excluding carboxylic acids is 1. The molecule has 4 atom stereocenters. The van der Waals surface area contributed by atoms with Crippen LogP contribution >= 0.6 is 0 Å². The Kier molecular flexibility index (Phi) is 13.6. The molecule has 3 rings (SSSR count). The summed E-state index contributed by atoms with van der Waals surface area (Å²) in [6.07, 6.45) is 0.664. The SMILES string of the molecule is C[Si](C)(C)CCOC(=O)N(C[C@@H](O)[C@@H](N)Cc1ccccc1)C[C@@H](O)[C@@H](N)Cc1ccc(OCCc2ccccn2)cc1. The molecule has 0 radical (unpaired) electrons. The van der Waals surface area contributed by atoms with Crippen molar-refractivity contribution in [1.29, 1.82) is 0 Å². The highest BCUT2D eigenvalue weighted by molar-refractivity contribution is 6.76. The van der Waals surface area contributed by atoms with Crippen molar-refractivity contribution >= 4 is 14.2 Å². The second-order valence-corrected chi connectivity index (χ2v) is 17.9. The molecule has 0 aliphatic rings. The molecule has 0 aliphatic heterocycles. The third kappa shape index (κ3) is 12.9. The molecule has 0 aliphatic carbocycles. The van der Waals surface area contributed by atoms with E-state index in [2.05, 4.69) is 24.6 Å². The van der Waals surface area contributed by atoms with E-state index in [1.807, 2.05) is 72.8 Å². The summed E-state index contributed by atoms with van der Waals surface area (Å²) in [4.78, 5) is 18.7. The Morgan fingerprint density at radius 2 is 1.42 bits per heavy atom. The van der Waals surface area contributed by atoms with Crippen LogP contribution in [-0.2, 0) is 24.0 Å². The maximum absolute atomic E-state index is 13.1. The van der Waals surface area contributed by atoms with Gasteiger partial charge in [0, 0.05) is 38.5 Å². The van der Waals surface area contributed by atoms with Crippen molar-refractivity contribution in [3.05, 3.63) is 95.8 Å². The predicted molar refractivity (Wildman–Crippen MR) is 173 cm³/mol. The molecule has 3 aromatic rings. The summed E-state index contributed by atoms with van der Waals surface area (Å²) in [5.41, 5.74) is 15.6. The van der Waals surface area contributed by atoms with Crippen LogP contribution in [0, 0.1) is 0 Å². The van der Waals surface area contributed by atoms with Gasteiger partial charge in [-0.15, -0.1) is 0 Å². The zero-order valence-corrected chi connectivity index (χ0v) is 26.6. The predicted octanol–water partition coefficient (Wildman–Crippen LogP) is 3.64. The van der Waals surface area contributed by atoms with Crippen LogP contribution in [0.25, 0.3) is 0 Å². The quantitative estimate of drug-likeness (QED) is 0.170. The van der Waals surface area contributed by atoms with E-state index < -0.39 is 38.5 Å². The highest BCUT2D eigenvalue weighted by Gasteiger charge is 2.28. The number of aliphatic hydroxyl groups is 2. The van der Waals surface area contributed by atoms with E-state index in [4.69, 9.17) is 20.9 Å². The molecule has 0 bridgehead atoms. The van der Waals surface area contributed by atoms with Gasteiger partial charge in [0.2, 0.25) is 0 Å². The second kappa shape index (κ2) is 17.1. The van der Waals surface area contributed by atoms with Gasteiger partial charge >= 0.3 is 6.09 Å². The third-order valence-electron chi connectivity index (χ3n) is 7.20. The zero-order chi connectivity index (χ0) is 31.2. The maximum atomic E-state index is 13.1. The molecule has 2 aromatic carbocycles. The van der Waals surface area contributed by atoms with Gasteiger partial charge in [-0.05, 0) is 54.3 Å². The first-order chi connectivity index (χ1) is 20.5. The van der Waals surface area contributed by atoms with E-state index in [0.29, 0.717) is 25.9 Å². The Hall–Kier alpha value is -3.28. The van der Waals surface area contributed by atoms with Crippen LogP contribution in [0.5, 0.6) is 5.75 Å². The number of ether oxygens (including phenoxy) is 2. The Balaban J connectivity index is 1.55. The van der Waals surface area contributed by atoms with Crippen molar-refractivity contribution in [2.24, 2.45) is 11.5 Å². The lowest BCUT2D eigenvalue weighted by molar-refractivity contribution is 0.0368. The highest BCUT2D eigenvalue weighted by Crippen LogP contribution is 2.16. The number of hydrogen-bond donors (Lipinski definition) is 4. The molecule has 0 fully saturated rings. The largest absolute Gasteiger partial charge is 0.493 e. The number of nitrogens with zero attached hydrogens (tertiary/aromatic N) is 2. The standard InChI is InChI=1S/C33H48N4O5Si/c1-43(2,3)20-19-42-33(40)37(23-31(38)29(34)21-25-9-5-4-6-10-25)24-32(39)30(35)22-26-12-14-28(15-13-26)41-18-16-27-11-7-8-17-36-27/h4-15,17,29-32,38-39H,16,18-24,34-35H2,1-3H3/t29-,30-,31+,32+/m0/s1. The summed E-state index contributed by atoms with van der Waals surface area (Å²) in [5.74, 6) is 0.738. The van der Waals surface area contributed by atoms with Crippen LogP contribution in [0.4, 0.5) is 4.79 Å². The van der Waals surface area contributed by atoms with E-state index in [-0.39, 0.29) is 19.7 Å². The average Bonchev–Trinajstić information content (AvgIpc) is 2.98. The maximum Gasteiger partial charge on any atom is 0.409 e. The number of nitrogens with two attached hydrogens (primary N) is 2. The summed E-state index contributed by atoms with van der Waals surface area (Å²) >= 11 is 0. The molecule has 0 unspecified atom stereocenters. The van der Waals surface area contributed by atoms with Crippen molar-refractivity contribution in [3.63, 3.8) is 0 Å². The van der Waals surface area contributed by atoms with Crippen molar-refractivity contribution in [3.8, 4) is 5.75 Å². The van der Waals surface area contributed by atoms with Gasteiger partial charge in [-0.3, -0.25) is 4.98 Å². The minimum atomic E-state index is -1.42. The van der Waals surface area contributed by atoms with Crippen LogP contribution < -0.4 is 16.2 Å². The van der Waals surface area contributed by atoms with Crippen LogP contribution in [0.1, 0.15) is 16.8 Å². The molecule has 1 aromatic heterocycles. The van der Waals surface area contributed by atoms with Gasteiger partial charge in [0.25, 0.3) is 0 Å². The van der Waals surface area contributed by atoms with Crippen molar-refractivity contribution in [2.45, 2.75) is 69.2 Å². The van der Waals surface area contributed by atoms with Crippen LogP contribution in [0.3, 0.4) is 0 Å². The molecule has 43 heavy (non-hydrogen) atoms. The molecule has 234 valence electrons. The zero-order valence-electron chi connectivity index (χ0n) is 25.6. The Bertz CT molecular complexity index is 1210. The molecule has 1 amide bonds. The summed E-state index contributed by atoms with van der Waals surface area (Å²) in [7, 11) is -1.42. The summed E-state index contributed by atoms with van der Waals surface area (Å²) in [6, 6.07) is 22.6. The number of amides is 1. The normalized spacial score (nSPS) is 14.4. The number of hydrogen-bond acceptors (Lipinski definition) is 8. The fraction of sp³-hybridized carbons (Fsp3) is 0.455. The summed E-state index contributed by atoms with van der Waals surface area (Å²) < 4.78 is 11.4. The van der Waals surface area contributed by atoms with E-state index >= 15 is 0 Å².